The van der Waals surface area contributed by atoms with Gasteiger partial charge in [0.15, 0.2) is 0 Å². The van der Waals surface area contributed by atoms with Crippen LogP contribution in [0.15, 0.2) is 0 Å². The Hall–Kier alpha value is -0.340. The van der Waals surface area contributed by atoms with Gasteiger partial charge in [0.05, 0.1) is 0 Å². The van der Waals surface area contributed by atoms with Gasteiger partial charge < -0.3 is 0 Å². The van der Waals surface area contributed by atoms with E-state index in [0.717, 1.165) is 0 Å². The van der Waals surface area contributed by atoms with Gasteiger partial charge in [-0.2, -0.15) is 21.6 Å². The van der Waals surface area contributed by atoms with E-state index in [0.29, 0.717) is 6.92 Å². The molecular weight excluding hydrogens is 189 g/mol. The molecule has 0 aromatic rings. The average molecular weight is 193 g/mol. The molecule has 0 saturated carbocycles. The molecule has 0 bridgehead atoms. The van der Waals surface area contributed by atoms with Crippen LogP contribution < -0.4 is 0 Å². The lowest BCUT2D eigenvalue weighted by atomic mass is 10.8. The van der Waals surface area contributed by atoms with Gasteiger partial charge in [-0.1, -0.05) is 0 Å². The molecule has 0 aliphatic rings. The van der Waals surface area contributed by atoms with Gasteiger partial charge in [-0.3, -0.25) is 0 Å². The highest BCUT2D eigenvalue weighted by molar-refractivity contribution is 7.87. The van der Waals surface area contributed by atoms with Crippen LogP contribution in [0, 0.1) is 0 Å². The molecule has 8 heteroatoms. The summed E-state index contributed by atoms with van der Waals surface area (Å²) in [6.45, 7) is 0.642. The molecule has 0 N–H and O–H groups in total. The van der Waals surface area contributed by atoms with Crippen LogP contribution in [0.5, 0.6) is 0 Å². The molecule has 0 spiro atoms. The van der Waals surface area contributed by atoms with E-state index in [-0.39, 0.29) is 0 Å². The molecular formula is C3H4F3O4S. The lowest BCUT2D eigenvalue weighted by molar-refractivity contribution is -0.0916. The molecule has 11 heavy (non-hydrogen) atoms. The van der Waals surface area contributed by atoms with E-state index in [1.807, 2.05) is 0 Å². The SMILES string of the molecule is CC([O])OS(=O)(=O)C(F)(F)F. The van der Waals surface area contributed by atoms with Crippen molar-refractivity contribution in [2.45, 2.75) is 18.7 Å². The highest BCUT2D eigenvalue weighted by atomic mass is 32.2. The molecule has 0 fully saturated rings. The zero-order valence-electron chi connectivity index (χ0n) is 5.25. The molecule has 0 aromatic carbocycles. The monoisotopic (exact) mass is 193 g/mol. The number of hydrogen-bond acceptors (Lipinski definition) is 3. The molecule has 0 aliphatic heterocycles. The van der Waals surface area contributed by atoms with Crippen molar-refractivity contribution in [3.8, 4) is 0 Å². The van der Waals surface area contributed by atoms with Crippen molar-refractivity contribution in [2.75, 3.05) is 0 Å². The van der Waals surface area contributed by atoms with Crippen molar-refractivity contribution in [3.63, 3.8) is 0 Å². The molecule has 1 radical (unpaired) electrons. The van der Waals surface area contributed by atoms with Crippen molar-refractivity contribution in [2.24, 2.45) is 0 Å². The molecule has 1 atom stereocenters. The molecule has 0 aromatic heterocycles. The maximum atomic E-state index is 11.3. The lowest BCUT2D eigenvalue weighted by Crippen LogP contribution is -2.28. The molecule has 4 nitrogen and oxygen atoms in total. The van der Waals surface area contributed by atoms with E-state index in [1.165, 1.54) is 0 Å². The Morgan fingerprint density at radius 2 is 1.73 bits per heavy atom. The Morgan fingerprint density at radius 3 is 1.82 bits per heavy atom. The molecule has 67 valence electrons. The summed E-state index contributed by atoms with van der Waals surface area (Å²) < 4.78 is 57.0. The standard InChI is InChI=1S/C3H4F3O4S/c1-2(7)10-11(8,9)3(4,5)6/h2H,1H3. The van der Waals surface area contributed by atoms with Crippen molar-refractivity contribution in [3.05, 3.63) is 0 Å². The van der Waals surface area contributed by atoms with Crippen LogP contribution in [0.25, 0.3) is 0 Å². The summed E-state index contributed by atoms with van der Waals surface area (Å²) in [6, 6.07) is 0. The summed E-state index contributed by atoms with van der Waals surface area (Å²) in [5.74, 6) is 0. The summed E-state index contributed by atoms with van der Waals surface area (Å²) in [5, 5.41) is 9.89. The van der Waals surface area contributed by atoms with E-state index in [9.17, 15) is 26.7 Å². The number of rotatable bonds is 2. The van der Waals surface area contributed by atoms with E-state index < -0.39 is 21.9 Å². The van der Waals surface area contributed by atoms with Crippen molar-refractivity contribution in [1.82, 2.24) is 0 Å². The van der Waals surface area contributed by atoms with Crippen LogP contribution in [-0.2, 0) is 19.4 Å². The Balaban J connectivity index is 4.51. The molecule has 0 saturated heterocycles. The predicted octanol–water partition coefficient (Wildman–Crippen LogP) is 0.629. The number of hydrogen-bond donors (Lipinski definition) is 0. The summed E-state index contributed by atoms with van der Waals surface area (Å²) >= 11 is 0. The number of alkyl halides is 3. The second-order valence-electron chi connectivity index (χ2n) is 1.56. The second-order valence-corrected chi connectivity index (χ2v) is 3.13. The second kappa shape index (κ2) is 2.95. The molecule has 0 amide bonds. The minimum absolute atomic E-state index is 0.642. The van der Waals surface area contributed by atoms with Crippen LogP contribution in [0.3, 0.4) is 0 Å². The molecule has 0 heterocycles. The van der Waals surface area contributed by atoms with E-state index >= 15 is 0 Å². The fourth-order valence-electron chi connectivity index (χ4n) is 0.233. The van der Waals surface area contributed by atoms with Gasteiger partial charge >= 0.3 is 15.6 Å². The minimum atomic E-state index is -5.71. The normalized spacial score (nSPS) is 16.5. The van der Waals surface area contributed by atoms with Crippen LogP contribution in [-0.4, -0.2) is 20.2 Å². The average Bonchev–Trinajstić information content (AvgIpc) is 1.56. The maximum Gasteiger partial charge on any atom is 0.523 e. The largest absolute Gasteiger partial charge is 0.523 e. The first-order valence-corrected chi connectivity index (χ1v) is 3.73. The van der Waals surface area contributed by atoms with Crippen molar-refractivity contribution < 1.29 is 30.9 Å². The maximum absolute atomic E-state index is 11.3. The fraction of sp³-hybridized carbons (Fsp3) is 1.00. The summed E-state index contributed by atoms with van der Waals surface area (Å²) in [6.07, 6.45) is -2.25. The summed E-state index contributed by atoms with van der Waals surface area (Å²) in [7, 11) is -5.71. The van der Waals surface area contributed by atoms with Gasteiger partial charge in [0.2, 0.25) is 6.29 Å². The van der Waals surface area contributed by atoms with Gasteiger partial charge in [-0.25, -0.2) is 9.29 Å². The Labute approximate surface area is 60.7 Å². The number of halogens is 3. The van der Waals surface area contributed by atoms with Crippen LogP contribution in [0.2, 0.25) is 0 Å². The third-order valence-corrected chi connectivity index (χ3v) is 1.64. The first-order valence-electron chi connectivity index (χ1n) is 2.32. The van der Waals surface area contributed by atoms with Crippen molar-refractivity contribution >= 4 is 10.1 Å². The van der Waals surface area contributed by atoms with Crippen molar-refractivity contribution in [1.29, 1.82) is 0 Å². The van der Waals surface area contributed by atoms with Crippen LogP contribution in [0.4, 0.5) is 13.2 Å². The van der Waals surface area contributed by atoms with Gasteiger partial charge in [0.25, 0.3) is 0 Å². The van der Waals surface area contributed by atoms with Gasteiger partial charge in [-0.05, 0) is 6.92 Å². The first kappa shape index (κ1) is 10.7. The smallest absolute Gasteiger partial charge is 0.228 e. The quantitative estimate of drug-likeness (QED) is 0.367. The zero-order chi connectivity index (χ0) is 9.28. The minimum Gasteiger partial charge on any atom is -0.228 e. The third kappa shape index (κ3) is 3.04. The zero-order valence-corrected chi connectivity index (χ0v) is 6.07. The van der Waals surface area contributed by atoms with Crippen LogP contribution >= 0.6 is 0 Å². The molecule has 0 rings (SSSR count). The van der Waals surface area contributed by atoms with Gasteiger partial charge in [0, 0.05) is 0 Å². The predicted molar refractivity (Wildman–Crippen MR) is 26.2 cm³/mol. The topological polar surface area (TPSA) is 63.3 Å². The summed E-state index contributed by atoms with van der Waals surface area (Å²) in [4.78, 5) is 0. The third-order valence-electron chi connectivity index (χ3n) is 0.546. The van der Waals surface area contributed by atoms with E-state index in [1.54, 1.807) is 0 Å². The lowest BCUT2D eigenvalue weighted by Gasteiger charge is -2.07. The first-order chi connectivity index (χ1) is 4.67. The van der Waals surface area contributed by atoms with E-state index in [4.69, 9.17) is 0 Å². The Bertz CT molecular complexity index is 215. The van der Waals surface area contributed by atoms with E-state index in [2.05, 4.69) is 4.18 Å². The van der Waals surface area contributed by atoms with Gasteiger partial charge in [-0.15, -0.1) is 0 Å². The fourth-order valence-corrected chi connectivity index (χ4v) is 0.699. The Kier molecular flexibility index (Phi) is 2.86. The molecule has 1 unspecified atom stereocenters. The summed E-state index contributed by atoms with van der Waals surface area (Å²) in [5.41, 5.74) is -5.52. The highest BCUT2D eigenvalue weighted by Crippen LogP contribution is 2.25. The van der Waals surface area contributed by atoms with Crippen LogP contribution in [0.1, 0.15) is 6.92 Å². The van der Waals surface area contributed by atoms with Gasteiger partial charge in [0.1, 0.15) is 0 Å². The highest BCUT2D eigenvalue weighted by Gasteiger charge is 2.48. The molecule has 0 aliphatic carbocycles. The Morgan fingerprint density at radius 1 is 1.36 bits per heavy atom.